The first-order valence-corrected chi connectivity index (χ1v) is 7.44. The molecule has 1 amide bonds. The number of aromatic nitrogens is 1. The van der Waals surface area contributed by atoms with Gasteiger partial charge in [0, 0.05) is 18.2 Å². The van der Waals surface area contributed by atoms with E-state index in [1.807, 2.05) is 0 Å². The van der Waals surface area contributed by atoms with Gasteiger partial charge in [0.25, 0.3) is 0 Å². The molecule has 1 aromatic carbocycles. The van der Waals surface area contributed by atoms with Crippen molar-refractivity contribution in [2.45, 2.75) is 19.8 Å². The lowest BCUT2D eigenvalue weighted by atomic mass is 10.2. The predicted octanol–water partition coefficient (Wildman–Crippen LogP) is 3.56. The minimum absolute atomic E-state index is 0.339. The molecule has 2 aromatic rings. The van der Waals surface area contributed by atoms with E-state index in [0.717, 1.165) is 18.5 Å². The zero-order valence-corrected chi connectivity index (χ0v) is 12.7. The van der Waals surface area contributed by atoms with Crippen molar-refractivity contribution < 1.29 is 18.3 Å². The Kier molecular flexibility index (Phi) is 4.41. The number of ether oxygens (including phenoxy) is 1. The molecule has 1 fully saturated rings. The highest BCUT2D eigenvalue weighted by molar-refractivity contribution is 6.02. The summed E-state index contributed by atoms with van der Waals surface area (Å²) in [4.78, 5) is 16.0. The van der Waals surface area contributed by atoms with Crippen LogP contribution in [0.5, 0.6) is 5.75 Å². The maximum atomic E-state index is 13.4. The van der Waals surface area contributed by atoms with E-state index < -0.39 is 5.82 Å². The van der Waals surface area contributed by atoms with E-state index in [-0.39, 0.29) is 5.91 Å². The Hall–Kier alpha value is -2.63. The molecule has 0 atom stereocenters. The smallest absolute Gasteiger partial charge is 0.248 e. The maximum absolute atomic E-state index is 13.4. The second-order valence-electron chi connectivity index (χ2n) is 5.54. The van der Waals surface area contributed by atoms with Crippen molar-refractivity contribution in [2.24, 2.45) is 5.92 Å². The van der Waals surface area contributed by atoms with Crippen molar-refractivity contribution in [3.05, 3.63) is 47.9 Å². The van der Waals surface area contributed by atoms with E-state index in [0.29, 0.717) is 29.9 Å². The highest BCUT2D eigenvalue weighted by Gasteiger charge is 2.22. The van der Waals surface area contributed by atoms with Crippen LogP contribution in [-0.4, -0.2) is 17.5 Å². The largest absolute Gasteiger partial charge is 0.491 e. The normalized spacial score (nSPS) is 14.2. The van der Waals surface area contributed by atoms with Crippen LogP contribution in [0.25, 0.3) is 6.08 Å². The third-order valence-corrected chi connectivity index (χ3v) is 3.39. The van der Waals surface area contributed by atoms with Crippen LogP contribution in [0.15, 0.2) is 35.0 Å². The number of rotatable bonds is 6. The van der Waals surface area contributed by atoms with Gasteiger partial charge < -0.3 is 14.5 Å². The van der Waals surface area contributed by atoms with E-state index in [1.165, 1.54) is 36.6 Å². The number of amides is 1. The first-order chi connectivity index (χ1) is 11.1. The molecule has 1 aliphatic rings. The average Bonchev–Trinajstić information content (AvgIpc) is 3.26. The summed E-state index contributed by atoms with van der Waals surface area (Å²) >= 11 is 0. The number of nitrogens with one attached hydrogen (secondary N) is 1. The zero-order valence-electron chi connectivity index (χ0n) is 12.7. The summed E-state index contributed by atoms with van der Waals surface area (Å²) in [5.41, 5.74) is 1.17. The quantitative estimate of drug-likeness (QED) is 0.828. The third kappa shape index (κ3) is 4.42. The van der Waals surface area contributed by atoms with Gasteiger partial charge in [0.05, 0.1) is 18.0 Å². The molecule has 120 valence electrons. The Morgan fingerprint density at radius 1 is 1.52 bits per heavy atom. The SMILES string of the molecule is Cc1coc(/C=C/C(=O)Nc2ccc(F)cc2OCC2CC2)n1. The number of carbonyl (C=O) groups excluding carboxylic acids is 1. The molecule has 6 heteroatoms. The van der Waals surface area contributed by atoms with Gasteiger partial charge in [-0.3, -0.25) is 4.79 Å². The number of halogens is 1. The molecule has 1 aromatic heterocycles. The van der Waals surface area contributed by atoms with Gasteiger partial charge in [-0.05, 0) is 37.8 Å². The number of hydrogen-bond acceptors (Lipinski definition) is 4. The second-order valence-corrected chi connectivity index (χ2v) is 5.54. The number of anilines is 1. The van der Waals surface area contributed by atoms with Crippen LogP contribution in [0.3, 0.4) is 0 Å². The Morgan fingerprint density at radius 2 is 2.35 bits per heavy atom. The van der Waals surface area contributed by atoms with Gasteiger partial charge in [-0.15, -0.1) is 0 Å². The molecule has 1 heterocycles. The van der Waals surface area contributed by atoms with Gasteiger partial charge in [0.2, 0.25) is 11.8 Å². The molecule has 0 radical (unpaired) electrons. The van der Waals surface area contributed by atoms with Gasteiger partial charge >= 0.3 is 0 Å². The third-order valence-electron chi connectivity index (χ3n) is 3.39. The minimum Gasteiger partial charge on any atom is -0.491 e. The minimum atomic E-state index is -0.403. The zero-order chi connectivity index (χ0) is 16.2. The van der Waals surface area contributed by atoms with Crippen LogP contribution in [0.1, 0.15) is 24.4 Å². The van der Waals surface area contributed by atoms with Crippen LogP contribution in [0, 0.1) is 18.7 Å². The van der Waals surface area contributed by atoms with Gasteiger partial charge in [-0.25, -0.2) is 9.37 Å². The van der Waals surface area contributed by atoms with Crippen LogP contribution >= 0.6 is 0 Å². The fourth-order valence-corrected chi connectivity index (χ4v) is 1.98. The Balaban J connectivity index is 1.65. The summed E-state index contributed by atoms with van der Waals surface area (Å²) in [6, 6.07) is 4.04. The first kappa shape index (κ1) is 15.3. The molecule has 0 saturated heterocycles. The van der Waals surface area contributed by atoms with Crippen LogP contribution < -0.4 is 10.1 Å². The summed E-state index contributed by atoms with van der Waals surface area (Å²) in [7, 11) is 0. The second kappa shape index (κ2) is 6.64. The lowest BCUT2D eigenvalue weighted by Crippen LogP contribution is -2.10. The van der Waals surface area contributed by atoms with E-state index in [1.54, 1.807) is 6.92 Å². The standard InChI is InChI=1S/C17H17FN2O3/c1-11-9-23-17(19-11)7-6-16(21)20-14-5-4-13(18)8-15(14)22-10-12-2-3-12/h4-9,12H,2-3,10H2,1H3,(H,20,21)/b7-6+. The fraction of sp³-hybridized carbons (Fsp3) is 0.294. The lowest BCUT2D eigenvalue weighted by molar-refractivity contribution is -0.111. The molecule has 23 heavy (non-hydrogen) atoms. The highest BCUT2D eigenvalue weighted by atomic mass is 19.1. The van der Waals surface area contributed by atoms with E-state index in [2.05, 4.69) is 10.3 Å². The predicted molar refractivity (Wildman–Crippen MR) is 83.5 cm³/mol. The fourth-order valence-electron chi connectivity index (χ4n) is 1.98. The summed E-state index contributed by atoms with van der Waals surface area (Å²) in [6.07, 6.45) is 6.54. The van der Waals surface area contributed by atoms with Gasteiger partial charge in [-0.2, -0.15) is 0 Å². The molecule has 0 unspecified atom stereocenters. The van der Waals surface area contributed by atoms with Crippen molar-refractivity contribution in [1.82, 2.24) is 4.98 Å². The molecular formula is C17H17FN2O3. The first-order valence-electron chi connectivity index (χ1n) is 7.44. The number of hydrogen-bond donors (Lipinski definition) is 1. The molecular weight excluding hydrogens is 299 g/mol. The number of aryl methyl sites for hydroxylation is 1. The molecule has 0 spiro atoms. The Morgan fingerprint density at radius 3 is 3.04 bits per heavy atom. The highest BCUT2D eigenvalue weighted by Crippen LogP contribution is 2.32. The number of benzene rings is 1. The van der Waals surface area contributed by atoms with Crippen molar-refractivity contribution >= 4 is 17.7 Å². The summed E-state index contributed by atoms with van der Waals surface area (Å²) in [5.74, 6) is 0.450. The summed E-state index contributed by atoms with van der Waals surface area (Å²) < 4.78 is 24.1. The molecule has 5 nitrogen and oxygen atoms in total. The molecule has 1 saturated carbocycles. The van der Waals surface area contributed by atoms with Gasteiger partial charge in [-0.1, -0.05) is 0 Å². The monoisotopic (exact) mass is 316 g/mol. The van der Waals surface area contributed by atoms with Gasteiger partial charge in [0.15, 0.2) is 0 Å². The molecule has 0 bridgehead atoms. The van der Waals surface area contributed by atoms with Crippen molar-refractivity contribution in [3.8, 4) is 5.75 Å². The van der Waals surface area contributed by atoms with Crippen molar-refractivity contribution in [2.75, 3.05) is 11.9 Å². The van der Waals surface area contributed by atoms with E-state index >= 15 is 0 Å². The molecule has 1 aliphatic carbocycles. The number of carbonyl (C=O) groups is 1. The number of oxazole rings is 1. The lowest BCUT2D eigenvalue weighted by Gasteiger charge is -2.11. The Labute approximate surface area is 133 Å². The topological polar surface area (TPSA) is 64.4 Å². The summed E-state index contributed by atoms with van der Waals surface area (Å²) in [5, 5.41) is 2.67. The molecule has 3 rings (SSSR count). The summed E-state index contributed by atoms with van der Waals surface area (Å²) in [6.45, 7) is 2.33. The van der Waals surface area contributed by atoms with Crippen LogP contribution in [-0.2, 0) is 4.79 Å². The van der Waals surface area contributed by atoms with Crippen molar-refractivity contribution in [3.63, 3.8) is 0 Å². The number of nitrogens with zero attached hydrogens (tertiary/aromatic N) is 1. The Bertz CT molecular complexity index is 735. The maximum Gasteiger partial charge on any atom is 0.248 e. The average molecular weight is 316 g/mol. The van der Waals surface area contributed by atoms with Crippen LogP contribution in [0.2, 0.25) is 0 Å². The van der Waals surface area contributed by atoms with Gasteiger partial charge in [0.1, 0.15) is 17.8 Å². The van der Waals surface area contributed by atoms with Crippen LogP contribution in [0.4, 0.5) is 10.1 Å². The van der Waals surface area contributed by atoms with E-state index in [9.17, 15) is 9.18 Å². The molecule has 0 aliphatic heterocycles. The van der Waals surface area contributed by atoms with Crippen molar-refractivity contribution in [1.29, 1.82) is 0 Å². The van der Waals surface area contributed by atoms with E-state index in [4.69, 9.17) is 9.15 Å². The molecule has 1 N–H and O–H groups in total.